The molecule has 2 unspecified atom stereocenters. The zero-order valence-corrected chi connectivity index (χ0v) is 19.7. The fourth-order valence-corrected chi connectivity index (χ4v) is 6.08. The lowest BCUT2D eigenvalue weighted by Gasteiger charge is -2.55. The Morgan fingerprint density at radius 3 is 2.57 bits per heavy atom. The van der Waals surface area contributed by atoms with Gasteiger partial charge in [0, 0.05) is 24.2 Å². The van der Waals surface area contributed by atoms with Gasteiger partial charge in [0.1, 0.15) is 22.6 Å². The molecule has 1 saturated carbocycles. The maximum absolute atomic E-state index is 13.9. The van der Waals surface area contributed by atoms with Gasteiger partial charge in [-0.1, -0.05) is 0 Å². The standard InChI is InChI=1S/C24H26N4O7/c1-23(28(3)4)13-6-9-5-10-11(26-2)7-12-18(35-8-27-12)15(10)17(29)14(9)20(31)24(13,34)21(32)16(19(23)30)22(25)33/h7-9,13,26,29-30,34H,5-6H2,1-4H3,(H2,25,33)/t9?,13-,23?,24-/m0/s1. The lowest BCUT2D eigenvalue weighted by molar-refractivity contribution is -0.168. The number of nitrogens with one attached hydrogen (secondary N) is 1. The molecule has 0 spiro atoms. The molecule has 2 aromatic rings. The molecule has 1 fully saturated rings. The number of fused-ring (bicyclic) bond motifs is 5. The number of hydrogen-bond acceptors (Lipinski definition) is 10. The van der Waals surface area contributed by atoms with Crippen molar-refractivity contribution in [1.29, 1.82) is 0 Å². The third-order valence-electron chi connectivity index (χ3n) is 8.11. The number of carbonyl (C=O) groups excluding carboxylic acids is 3. The molecule has 11 nitrogen and oxygen atoms in total. The van der Waals surface area contributed by atoms with Crippen LogP contribution in [0.3, 0.4) is 0 Å². The van der Waals surface area contributed by atoms with E-state index in [1.807, 2.05) is 0 Å². The number of oxazole rings is 1. The van der Waals surface area contributed by atoms with Crippen LogP contribution < -0.4 is 11.1 Å². The number of anilines is 1. The van der Waals surface area contributed by atoms with Gasteiger partial charge in [-0.25, -0.2) is 4.98 Å². The van der Waals surface area contributed by atoms with E-state index in [1.54, 1.807) is 39.0 Å². The summed E-state index contributed by atoms with van der Waals surface area (Å²) in [5, 5.41) is 37.2. The van der Waals surface area contributed by atoms with Crippen LogP contribution >= 0.6 is 0 Å². The predicted octanol–water partition coefficient (Wildman–Crippen LogP) is 0.831. The fourth-order valence-electron chi connectivity index (χ4n) is 6.08. The summed E-state index contributed by atoms with van der Waals surface area (Å²) in [5.74, 6) is -6.24. The number of nitrogens with two attached hydrogens (primary N) is 1. The van der Waals surface area contributed by atoms with Crippen LogP contribution in [0.25, 0.3) is 16.9 Å². The average molecular weight is 482 g/mol. The van der Waals surface area contributed by atoms with Crippen molar-refractivity contribution in [2.75, 3.05) is 26.5 Å². The highest BCUT2D eigenvalue weighted by atomic mass is 16.3. The highest BCUT2D eigenvalue weighted by Gasteiger charge is 2.68. The maximum Gasteiger partial charge on any atom is 0.255 e. The lowest BCUT2D eigenvalue weighted by Crippen LogP contribution is -2.71. The Bertz CT molecular complexity index is 1400. The van der Waals surface area contributed by atoms with Crippen molar-refractivity contribution in [2.45, 2.75) is 30.9 Å². The second-order valence-electron chi connectivity index (χ2n) is 9.73. The number of aliphatic hydroxyl groups is 3. The van der Waals surface area contributed by atoms with Gasteiger partial charge in [0.25, 0.3) is 5.91 Å². The fraction of sp³-hybridized carbons (Fsp3) is 0.417. The normalized spacial score (nSPS) is 30.5. The van der Waals surface area contributed by atoms with E-state index in [1.165, 1.54) is 6.39 Å². The van der Waals surface area contributed by atoms with Crippen LogP contribution in [-0.4, -0.2) is 75.0 Å². The van der Waals surface area contributed by atoms with Gasteiger partial charge in [-0.05, 0) is 51.4 Å². The van der Waals surface area contributed by atoms with Crippen LogP contribution in [0.4, 0.5) is 5.69 Å². The number of nitrogens with zero attached hydrogens (tertiary/aromatic N) is 2. The first-order valence-electron chi connectivity index (χ1n) is 11.1. The van der Waals surface area contributed by atoms with Gasteiger partial charge in [-0.3, -0.25) is 19.3 Å². The highest BCUT2D eigenvalue weighted by molar-refractivity contribution is 6.33. The number of likely N-dealkylation sites (N-methyl/N-ethyl adjacent to an activating group) is 1. The molecular weight excluding hydrogens is 456 g/mol. The zero-order valence-electron chi connectivity index (χ0n) is 19.7. The molecule has 0 radical (unpaired) electrons. The monoisotopic (exact) mass is 482 g/mol. The molecule has 3 aliphatic carbocycles. The second-order valence-corrected chi connectivity index (χ2v) is 9.73. The van der Waals surface area contributed by atoms with Crippen molar-refractivity contribution >= 4 is 40.0 Å². The van der Waals surface area contributed by atoms with Crippen LogP contribution in [0.15, 0.2) is 33.8 Å². The minimum absolute atomic E-state index is 0.0647. The van der Waals surface area contributed by atoms with Gasteiger partial charge in [-0.2, -0.15) is 0 Å². The van der Waals surface area contributed by atoms with Crippen molar-refractivity contribution in [3.63, 3.8) is 0 Å². The molecule has 0 bridgehead atoms. The average Bonchev–Trinajstić information content (AvgIpc) is 3.27. The number of aliphatic hydroxyl groups excluding tert-OH is 2. The number of amides is 1. The summed E-state index contributed by atoms with van der Waals surface area (Å²) in [6.45, 7) is 1.54. The molecule has 1 heterocycles. The summed E-state index contributed by atoms with van der Waals surface area (Å²) in [6.07, 6.45) is 1.58. The van der Waals surface area contributed by atoms with Crippen LogP contribution in [0.2, 0.25) is 0 Å². The van der Waals surface area contributed by atoms with Crippen molar-refractivity contribution in [3.8, 4) is 0 Å². The molecule has 3 aliphatic rings. The van der Waals surface area contributed by atoms with Gasteiger partial charge >= 0.3 is 0 Å². The predicted molar refractivity (Wildman–Crippen MR) is 124 cm³/mol. The summed E-state index contributed by atoms with van der Waals surface area (Å²) in [6, 6.07) is 1.78. The lowest BCUT2D eigenvalue weighted by atomic mass is 9.53. The molecule has 1 aromatic carbocycles. The number of carbonyl (C=O) groups is 3. The summed E-state index contributed by atoms with van der Waals surface area (Å²) in [5.41, 5.74) is 2.65. The minimum Gasteiger partial charge on any atom is -0.509 e. The number of primary amides is 1. The van der Waals surface area contributed by atoms with E-state index >= 15 is 0 Å². The molecular formula is C24H26N4O7. The van der Waals surface area contributed by atoms with E-state index in [0.29, 0.717) is 23.2 Å². The Kier molecular flexibility index (Phi) is 4.71. The van der Waals surface area contributed by atoms with Crippen molar-refractivity contribution in [2.24, 2.45) is 17.6 Å². The first-order chi connectivity index (χ1) is 16.4. The Morgan fingerprint density at radius 2 is 1.97 bits per heavy atom. The van der Waals surface area contributed by atoms with E-state index in [9.17, 15) is 29.7 Å². The molecule has 11 heteroatoms. The summed E-state index contributed by atoms with van der Waals surface area (Å²) in [7, 11) is 4.93. The molecule has 1 aromatic heterocycles. The van der Waals surface area contributed by atoms with Crippen LogP contribution in [0, 0.1) is 11.8 Å². The summed E-state index contributed by atoms with van der Waals surface area (Å²) < 4.78 is 5.50. The van der Waals surface area contributed by atoms with E-state index in [-0.39, 0.29) is 23.1 Å². The zero-order chi connectivity index (χ0) is 25.6. The van der Waals surface area contributed by atoms with E-state index in [4.69, 9.17) is 10.2 Å². The summed E-state index contributed by atoms with van der Waals surface area (Å²) >= 11 is 0. The Hall–Kier alpha value is -3.70. The van der Waals surface area contributed by atoms with Gasteiger partial charge in [0.05, 0.1) is 11.1 Å². The molecule has 35 heavy (non-hydrogen) atoms. The van der Waals surface area contributed by atoms with Crippen LogP contribution in [0.1, 0.15) is 24.5 Å². The largest absolute Gasteiger partial charge is 0.509 e. The molecule has 6 N–H and O–H groups in total. The SMILES string of the molecule is CNc1cc2ncoc2c2c1CC1C[C@H]3C(C)(N(C)C)C(O)=C(C(N)=O)C(=O)[C@@]3(O)C(=O)C1=C2O. The first kappa shape index (κ1) is 23.1. The third kappa shape index (κ3) is 2.62. The van der Waals surface area contributed by atoms with Crippen molar-refractivity contribution in [3.05, 3.63) is 40.5 Å². The number of rotatable bonds is 3. The van der Waals surface area contributed by atoms with Crippen LogP contribution in [-0.2, 0) is 20.8 Å². The number of ketones is 2. The smallest absolute Gasteiger partial charge is 0.255 e. The highest BCUT2D eigenvalue weighted by Crippen LogP contribution is 2.55. The summed E-state index contributed by atoms with van der Waals surface area (Å²) in [4.78, 5) is 45.2. The molecule has 5 rings (SSSR count). The van der Waals surface area contributed by atoms with E-state index < -0.39 is 57.5 Å². The van der Waals surface area contributed by atoms with Gasteiger partial charge in [0.2, 0.25) is 11.6 Å². The number of hydrogen-bond donors (Lipinski definition) is 5. The topological polar surface area (TPSA) is 179 Å². The third-order valence-corrected chi connectivity index (χ3v) is 8.11. The first-order valence-corrected chi connectivity index (χ1v) is 11.1. The Labute approximate surface area is 199 Å². The van der Waals surface area contributed by atoms with Gasteiger partial charge in [0.15, 0.2) is 17.6 Å². The van der Waals surface area contributed by atoms with Crippen LogP contribution in [0.5, 0.6) is 0 Å². The maximum atomic E-state index is 13.9. The molecule has 4 atom stereocenters. The van der Waals surface area contributed by atoms with Crippen molar-refractivity contribution < 1.29 is 34.1 Å². The molecule has 0 saturated heterocycles. The van der Waals surface area contributed by atoms with Crippen molar-refractivity contribution in [1.82, 2.24) is 9.88 Å². The Balaban J connectivity index is 1.80. The molecule has 0 aliphatic heterocycles. The second kappa shape index (κ2) is 7.15. The van der Waals surface area contributed by atoms with Gasteiger partial charge in [-0.15, -0.1) is 0 Å². The van der Waals surface area contributed by atoms with Gasteiger partial charge < -0.3 is 30.8 Å². The van der Waals surface area contributed by atoms with E-state index in [0.717, 1.165) is 0 Å². The number of benzene rings is 1. The van der Waals surface area contributed by atoms with E-state index in [2.05, 4.69) is 10.3 Å². The minimum atomic E-state index is -2.71. The molecule has 1 amide bonds. The number of aromatic nitrogens is 1. The Morgan fingerprint density at radius 1 is 1.29 bits per heavy atom. The molecule has 184 valence electrons. The number of Topliss-reactive ketones (excluding diaryl/α,β-unsaturated/α-hetero) is 2. The quantitative estimate of drug-likeness (QED) is 0.311.